The van der Waals surface area contributed by atoms with E-state index in [9.17, 15) is 4.79 Å². The summed E-state index contributed by atoms with van der Waals surface area (Å²) in [6.45, 7) is 0. The summed E-state index contributed by atoms with van der Waals surface area (Å²) >= 11 is 8.88. The largest absolute Gasteiger partial charge is 0.302 e. The SMILES string of the molecule is O=C(Cc1csc(-n2cccc2)n1)Nc1nc2ccc(Cl)cc2s1. The lowest BCUT2D eigenvalue weighted by molar-refractivity contribution is -0.115. The molecule has 0 aliphatic carbocycles. The summed E-state index contributed by atoms with van der Waals surface area (Å²) in [7, 11) is 0. The van der Waals surface area contributed by atoms with Gasteiger partial charge in [0.05, 0.1) is 22.3 Å². The van der Waals surface area contributed by atoms with Gasteiger partial charge in [0, 0.05) is 22.8 Å². The van der Waals surface area contributed by atoms with Crippen molar-refractivity contribution in [3.8, 4) is 5.13 Å². The molecule has 0 radical (unpaired) electrons. The summed E-state index contributed by atoms with van der Waals surface area (Å²) in [6, 6.07) is 9.34. The monoisotopic (exact) mass is 374 g/mol. The Morgan fingerprint density at radius 1 is 1.25 bits per heavy atom. The first-order chi connectivity index (χ1) is 11.7. The van der Waals surface area contributed by atoms with E-state index in [4.69, 9.17) is 11.6 Å². The zero-order valence-corrected chi connectivity index (χ0v) is 14.7. The van der Waals surface area contributed by atoms with Crippen molar-refractivity contribution in [3.63, 3.8) is 0 Å². The maximum Gasteiger partial charge on any atom is 0.232 e. The van der Waals surface area contributed by atoms with E-state index in [1.54, 1.807) is 6.07 Å². The van der Waals surface area contributed by atoms with Crippen LogP contribution in [0.5, 0.6) is 0 Å². The third-order valence-corrected chi connectivity index (χ3v) is 5.38. The minimum absolute atomic E-state index is 0.135. The zero-order valence-electron chi connectivity index (χ0n) is 12.3. The molecule has 0 spiro atoms. The van der Waals surface area contributed by atoms with Gasteiger partial charge in [0.25, 0.3) is 0 Å². The summed E-state index contributed by atoms with van der Waals surface area (Å²) in [4.78, 5) is 21.1. The minimum Gasteiger partial charge on any atom is -0.302 e. The maximum atomic E-state index is 12.2. The number of amides is 1. The molecule has 24 heavy (non-hydrogen) atoms. The topological polar surface area (TPSA) is 59.8 Å². The Kier molecular flexibility index (Phi) is 4.05. The summed E-state index contributed by atoms with van der Waals surface area (Å²) in [5.41, 5.74) is 1.56. The number of fused-ring (bicyclic) bond motifs is 1. The quantitative estimate of drug-likeness (QED) is 0.576. The fourth-order valence-electron chi connectivity index (χ4n) is 2.24. The van der Waals surface area contributed by atoms with Crippen LogP contribution in [0, 0.1) is 0 Å². The number of benzene rings is 1. The van der Waals surface area contributed by atoms with Gasteiger partial charge in [-0.2, -0.15) is 0 Å². The van der Waals surface area contributed by atoms with Gasteiger partial charge in [-0.3, -0.25) is 4.79 Å². The standard InChI is InChI=1S/C16H11ClN4OS2/c17-10-3-4-12-13(7-10)24-15(19-12)20-14(22)8-11-9-23-16(18-11)21-5-1-2-6-21/h1-7,9H,8H2,(H,19,20,22). The lowest BCUT2D eigenvalue weighted by Gasteiger charge is -1.99. The molecule has 0 saturated heterocycles. The van der Waals surface area contributed by atoms with Gasteiger partial charge in [0.2, 0.25) is 5.91 Å². The highest BCUT2D eigenvalue weighted by Gasteiger charge is 2.11. The second-order valence-electron chi connectivity index (χ2n) is 5.07. The van der Waals surface area contributed by atoms with Crippen LogP contribution in [0.15, 0.2) is 48.1 Å². The van der Waals surface area contributed by atoms with Crippen molar-refractivity contribution in [1.29, 1.82) is 0 Å². The Hall–Kier alpha value is -2.22. The summed E-state index contributed by atoms with van der Waals surface area (Å²) < 4.78 is 2.87. The van der Waals surface area contributed by atoms with Gasteiger partial charge in [-0.05, 0) is 30.3 Å². The number of halogens is 1. The number of anilines is 1. The number of nitrogens with zero attached hydrogens (tertiary/aromatic N) is 3. The fourth-order valence-corrected chi connectivity index (χ4v) is 4.19. The van der Waals surface area contributed by atoms with E-state index < -0.39 is 0 Å². The predicted molar refractivity (Wildman–Crippen MR) is 98.4 cm³/mol. The van der Waals surface area contributed by atoms with Gasteiger partial charge in [0.1, 0.15) is 0 Å². The smallest absolute Gasteiger partial charge is 0.232 e. The normalized spacial score (nSPS) is 11.0. The summed E-state index contributed by atoms with van der Waals surface area (Å²) in [5.74, 6) is -0.135. The van der Waals surface area contributed by atoms with E-state index in [1.807, 2.05) is 46.6 Å². The molecule has 120 valence electrons. The number of hydrogen-bond acceptors (Lipinski definition) is 5. The van der Waals surface area contributed by atoms with E-state index in [0.717, 1.165) is 21.0 Å². The van der Waals surface area contributed by atoms with Crippen molar-refractivity contribution in [2.75, 3.05) is 5.32 Å². The van der Waals surface area contributed by atoms with Gasteiger partial charge >= 0.3 is 0 Å². The van der Waals surface area contributed by atoms with Gasteiger partial charge < -0.3 is 9.88 Å². The number of hydrogen-bond donors (Lipinski definition) is 1. The Balaban J connectivity index is 1.46. The van der Waals surface area contributed by atoms with E-state index in [2.05, 4.69) is 15.3 Å². The van der Waals surface area contributed by atoms with Crippen LogP contribution in [0.2, 0.25) is 5.02 Å². The molecule has 0 unspecified atom stereocenters. The van der Waals surface area contributed by atoms with Crippen molar-refractivity contribution in [2.45, 2.75) is 6.42 Å². The van der Waals surface area contributed by atoms with Crippen molar-refractivity contribution >= 4 is 55.5 Å². The lowest BCUT2D eigenvalue weighted by atomic mass is 10.3. The zero-order chi connectivity index (χ0) is 16.5. The Labute approximate surface area is 150 Å². The number of carbonyl (C=O) groups excluding carboxylic acids is 1. The average molecular weight is 375 g/mol. The van der Waals surface area contributed by atoms with Crippen LogP contribution in [0.1, 0.15) is 5.69 Å². The molecule has 3 aromatic heterocycles. The van der Waals surface area contributed by atoms with Gasteiger partial charge in [0.15, 0.2) is 10.3 Å². The van der Waals surface area contributed by atoms with Crippen LogP contribution in [0.4, 0.5) is 5.13 Å². The second kappa shape index (κ2) is 6.35. The van der Waals surface area contributed by atoms with Crippen LogP contribution < -0.4 is 5.32 Å². The third-order valence-electron chi connectivity index (χ3n) is 3.30. The highest BCUT2D eigenvalue weighted by Crippen LogP contribution is 2.28. The maximum absolute atomic E-state index is 12.2. The molecule has 3 heterocycles. The van der Waals surface area contributed by atoms with Gasteiger partial charge in [-0.15, -0.1) is 11.3 Å². The molecule has 1 aromatic carbocycles. The highest BCUT2D eigenvalue weighted by molar-refractivity contribution is 7.22. The third kappa shape index (κ3) is 3.19. The molecule has 4 aromatic rings. The Morgan fingerprint density at radius 2 is 2.08 bits per heavy atom. The van der Waals surface area contributed by atoms with Crippen molar-refractivity contribution in [1.82, 2.24) is 14.5 Å². The van der Waals surface area contributed by atoms with Crippen molar-refractivity contribution in [3.05, 3.63) is 58.8 Å². The van der Waals surface area contributed by atoms with Gasteiger partial charge in [-0.25, -0.2) is 9.97 Å². The molecule has 0 saturated carbocycles. The van der Waals surface area contributed by atoms with Crippen LogP contribution >= 0.6 is 34.3 Å². The van der Waals surface area contributed by atoms with Crippen LogP contribution in [0.3, 0.4) is 0 Å². The molecule has 4 rings (SSSR count). The minimum atomic E-state index is -0.135. The summed E-state index contributed by atoms with van der Waals surface area (Å²) in [5, 5.41) is 6.79. The predicted octanol–water partition coefficient (Wildman–Crippen LogP) is 4.38. The molecule has 1 amide bonds. The van der Waals surface area contributed by atoms with Crippen LogP contribution in [-0.2, 0) is 11.2 Å². The lowest BCUT2D eigenvalue weighted by Crippen LogP contribution is -2.14. The number of nitrogens with one attached hydrogen (secondary N) is 1. The van der Waals surface area contributed by atoms with E-state index in [0.29, 0.717) is 10.2 Å². The first-order valence-corrected chi connectivity index (χ1v) is 9.18. The first-order valence-electron chi connectivity index (χ1n) is 7.11. The van der Waals surface area contributed by atoms with Crippen LogP contribution in [-0.4, -0.2) is 20.4 Å². The Morgan fingerprint density at radius 3 is 2.92 bits per heavy atom. The number of aromatic nitrogens is 3. The van der Waals surface area contributed by atoms with E-state index >= 15 is 0 Å². The molecule has 0 aliphatic heterocycles. The first kappa shape index (κ1) is 15.3. The number of thiazole rings is 2. The molecule has 8 heteroatoms. The van der Waals surface area contributed by atoms with Crippen molar-refractivity contribution < 1.29 is 4.79 Å². The van der Waals surface area contributed by atoms with Crippen LogP contribution in [0.25, 0.3) is 15.3 Å². The Bertz CT molecular complexity index is 1010. The van der Waals surface area contributed by atoms with Gasteiger partial charge in [-0.1, -0.05) is 22.9 Å². The number of carbonyl (C=O) groups is 1. The molecule has 0 atom stereocenters. The highest BCUT2D eigenvalue weighted by atomic mass is 35.5. The second-order valence-corrected chi connectivity index (χ2v) is 7.37. The fraction of sp³-hybridized carbons (Fsp3) is 0.0625. The molecule has 0 bridgehead atoms. The number of rotatable bonds is 4. The van der Waals surface area contributed by atoms with E-state index in [1.165, 1.54) is 22.7 Å². The molecular formula is C16H11ClN4OS2. The average Bonchev–Trinajstić information content (AvgIpc) is 3.25. The molecule has 0 aliphatic rings. The molecule has 5 nitrogen and oxygen atoms in total. The molecule has 1 N–H and O–H groups in total. The molecular weight excluding hydrogens is 364 g/mol. The summed E-state index contributed by atoms with van der Waals surface area (Å²) in [6.07, 6.45) is 4.07. The molecule has 0 fully saturated rings. The van der Waals surface area contributed by atoms with E-state index in [-0.39, 0.29) is 12.3 Å². The van der Waals surface area contributed by atoms with Crippen molar-refractivity contribution in [2.24, 2.45) is 0 Å².